The minimum atomic E-state index is -0.990. The molecule has 5 heteroatoms. The summed E-state index contributed by atoms with van der Waals surface area (Å²) in [6.07, 6.45) is 5.54. The van der Waals surface area contributed by atoms with Gasteiger partial charge < -0.3 is 5.11 Å². The molecule has 2 aromatic rings. The summed E-state index contributed by atoms with van der Waals surface area (Å²) >= 11 is 0. The summed E-state index contributed by atoms with van der Waals surface area (Å²) in [6.45, 7) is 2.00. The van der Waals surface area contributed by atoms with E-state index in [0.717, 1.165) is 42.6 Å². The van der Waals surface area contributed by atoms with Gasteiger partial charge in [0.25, 0.3) is 0 Å². The van der Waals surface area contributed by atoms with Crippen molar-refractivity contribution in [2.24, 2.45) is 0 Å². The average Bonchev–Trinajstić information content (AvgIpc) is 2.93. The van der Waals surface area contributed by atoms with Crippen LogP contribution < -0.4 is 0 Å². The molecule has 5 nitrogen and oxygen atoms in total. The molecule has 0 spiro atoms. The van der Waals surface area contributed by atoms with E-state index >= 15 is 0 Å². The summed E-state index contributed by atoms with van der Waals surface area (Å²) < 4.78 is 1.73. The van der Waals surface area contributed by atoms with Gasteiger partial charge in [-0.2, -0.15) is 0 Å². The molecule has 3 rings (SSSR count). The van der Waals surface area contributed by atoms with Gasteiger partial charge in [-0.1, -0.05) is 42.7 Å². The Morgan fingerprint density at radius 2 is 1.95 bits per heavy atom. The zero-order chi connectivity index (χ0) is 14.8. The summed E-state index contributed by atoms with van der Waals surface area (Å²) in [7, 11) is 0. The van der Waals surface area contributed by atoms with E-state index < -0.39 is 5.97 Å². The van der Waals surface area contributed by atoms with Gasteiger partial charge in [0.15, 0.2) is 5.69 Å². The maximum absolute atomic E-state index is 11.5. The minimum absolute atomic E-state index is 0.102. The van der Waals surface area contributed by atoms with Crippen LogP contribution in [0.15, 0.2) is 24.3 Å². The molecule has 1 aromatic heterocycles. The lowest BCUT2D eigenvalue weighted by atomic mass is 9.86. The van der Waals surface area contributed by atoms with Crippen molar-refractivity contribution in [3.8, 4) is 5.69 Å². The molecule has 1 aromatic carbocycles. The Bertz CT molecular complexity index is 657. The van der Waals surface area contributed by atoms with Crippen LogP contribution in [0.3, 0.4) is 0 Å². The molecule has 1 saturated carbocycles. The fourth-order valence-electron chi connectivity index (χ4n) is 3.16. The van der Waals surface area contributed by atoms with Crippen molar-refractivity contribution in [1.82, 2.24) is 15.0 Å². The van der Waals surface area contributed by atoms with Crippen molar-refractivity contribution in [3.05, 3.63) is 41.2 Å². The van der Waals surface area contributed by atoms with Crippen molar-refractivity contribution in [2.75, 3.05) is 0 Å². The van der Waals surface area contributed by atoms with Crippen molar-refractivity contribution in [2.45, 2.75) is 44.9 Å². The van der Waals surface area contributed by atoms with E-state index in [4.69, 9.17) is 0 Å². The first-order chi connectivity index (χ1) is 10.2. The third kappa shape index (κ3) is 2.55. The number of carbonyl (C=O) groups is 1. The number of rotatable bonds is 3. The Morgan fingerprint density at radius 1 is 1.24 bits per heavy atom. The smallest absolute Gasteiger partial charge is 0.358 e. The molecule has 1 aliphatic carbocycles. The van der Waals surface area contributed by atoms with Crippen LogP contribution in [0.5, 0.6) is 0 Å². The molecule has 0 atom stereocenters. The van der Waals surface area contributed by atoms with Crippen molar-refractivity contribution < 1.29 is 9.90 Å². The second-order valence-electron chi connectivity index (χ2n) is 5.66. The van der Waals surface area contributed by atoms with Gasteiger partial charge in [-0.25, -0.2) is 9.48 Å². The van der Waals surface area contributed by atoms with E-state index in [0.29, 0.717) is 0 Å². The quantitative estimate of drug-likeness (QED) is 0.939. The average molecular weight is 285 g/mol. The highest BCUT2D eigenvalue weighted by atomic mass is 16.4. The van der Waals surface area contributed by atoms with Crippen LogP contribution in [0.1, 0.15) is 59.8 Å². The molecule has 1 fully saturated rings. The maximum atomic E-state index is 11.5. The standard InChI is InChI=1S/C16H19N3O2/c1-11-7-5-6-10-13(11)19-15(12-8-3-2-4-9-12)14(16(20)21)17-18-19/h5-7,10,12H,2-4,8-9H2,1H3,(H,20,21). The Hall–Kier alpha value is -2.17. The van der Waals surface area contributed by atoms with Gasteiger partial charge in [0, 0.05) is 5.92 Å². The van der Waals surface area contributed by atoms with Crippen LogP contribution in [0.25, 0.3) is 5.69 Å². The molecule has 1 N–H and O–H groups in total. The van der Waals surface area contributed by atoms with Crippen LogP contribution in [0.4, 0.5) is 0 Å². The van der Waals surface area contributed by atoms with Crippen LogP contribution in [0, 0.1) is 6.92 Å². The summed E-state index contributed by atoms with van der Waals surface area (Å²) in [5, 5.41) is 17.5. The second kappa shape index (κ2) is 5.68. The lowest BCUT2D eigenvalue weighted by Crippen LogP contribution is -2.15. The first-order valence-electron chi connectivity index (χ1n) is 7.43. The summed E-state index contributed by atoms with van der Waals surface area (Å²) in [5.74, 6) is -0.755. The topological polar surface area (TPSA) is 68.0 Å². The Kier molecular flexibility index (Phi) is 3.73. The first kappa shape index (κ1) is 13.8. The zero-order valence-electron chi connectivity index (χ0n) is 12.1. The van der Waals surface area contributed by atoms with E-state index in [1.165, 1.54) is 6.42 Å². The van der Waals surface area contributed by atoms with Gasteiger partial charge in [-0.05, 0) is 31.4 Å². The molecule has 0 amide bonds. The highest BCUT2D eigenvalue weighted by molar-refractivity contribution is 5.86. The predicted octanol–water partition coefficient (Wildman–Crippen LogP) is 3.32. The van der Waals surface area contributed by atoms with Crippen LogP contribution in [0.2, 0.25) is 0 Å². The Labute approximate surface area is 123 Å². The van der Waals surface area contributed by atoms with Crippen molar-refractivity contribution >= 4 is 5.97 Å². The number of benzene rings is 1. The van der Waals surface area contributed by atoms with E-state index in [-0.39, 0.29) is 11.6 Å². The van der Waals surface area contributed by atoms with Gasteiger partial charge in [0.1, 0.15) is 0 Å². The SMILES string of the molecule is Cc1ccccc1-n1nnc(C(=O)O)c1C1CCCCC1. The van der Waals surface area contributed by atoms with Gasteiger partial charge in [0.05, 0.1) is 11.4 Å². The predicted molar refractivity (Wildman–Crippen MR) is 78.9 cm³/mol. The molecule has 0 bridgehead atoms. The minimum Gasteiger partial charge on any atom is -0.476 e. The molecular formula is C16H19N3O2. The molecule has 0 saturated heterocycles. The summed E-state index contributed by atoms with van der Waals surface area (Å²) in [6, 6.07) is 7.87. The molecule has 1 aliphatic rings. The van der Waals surface area contributed by atoms with Gasteiger partial charge >= 0.3 is 5.97 Å². The van der Waals surface area contributed by atoms with E-state index in [2.05, 4.69) is 10.3 Å². The number of aromatic carboxylic acids is 1. The fraction of sp³-hybridized carbons (Fsp3) is 0.438. The summed E-state index contributed by atoms with van der Waals surface area (Å²) in [4.78, 5) is 11.5. The number of hydrogen-bond donors (Lipinski definition) is 1. The highest BCUT2D eigenvalue weighted by Gasteiger charge is 2.28. The fourth-order valence-corrected chi connectivity index (χ4v) is 3.16. The number of carboxylic acids is 1. The van der Waals surface area contributed by atoms with Crippen molar-refractivity contribution in [3.63, 3.8) is 0 Å². The van der Waals surface area contributed by atoms with Crippen molar-refractivity contribution in [1.29, 1.82) is 0 Å². The lowest BCUT2D eigenvalue weighted by Gasteiger charge is -2.23. The maximum Gasteiger partial charge on any atom is 0.358 e. The van der Waals surface area contributed by atoms with E-state index in [1.54, 1.807) is 4.68 Å². The van der Waals surface area contributed by atoms with Gasteiger partial charge in [0.2, 0.25) is 0 Å². The number of hydrogen-bond acceptors (Lipinski definition) is 3. The number of nitrogens with zero attached hydrogens (tertiary/aromatic N) is 3. The molecule has 0 radical (unpaired) electrons. The number of aromatic nitrogens is 3. The molecule has 0 aliphatic heterocycles. The molecule has 1 heterocycles. The molecule has 21 heavy (non-hydrogen) atoms. The van der Waals surface area contributed by atoms with E-state index in [1.807, 2.05) is 31.2 Å². The largest absolute Gasteiger partial charge is 0.476 e. The summed E-state index contributed by atoms with van der Waals surface area (Å²) in [5.41, 5.74) is 2.84. The molecular weight excluding hydrogens is 266 g/mol. The normalized spacial score (nSPS) is 16.0. The lowest BCUT2D eigenvalue weighted by molar-refractivity contribution is 0.0688. The Balaban J connectivity index is 2.12. The van der Waals surface area contributed by atoms with Crippen LogP contribution >= 0.6 is 0 Å². The second-order valence-corrected chi connectivity index (χ2v) is 5.66. The highest BCUT2D eigenvalue weighted by Crippen LogP contribution is 2.35. The van der Waals surface area contributed by atoms with E-state index in [9.17, 15) is 9.90 Å². The molecule has 110 valence electrons. The monoisotopic (exact) mass is 285 g/mol. The Morgan fingerprint density at radius 3 is 2.62 bits per heavy atom. The van der Waals surface area contributed by atoms with Gasteiger partial charge in [-0.15, -0.1) is 5.10 Å². The van der Waals surface area contributed by atoms with Crippen LogP contribution in [-0.2, 0) is 0 Å². The zero-order valence-corrected chi connectivity index (χ0v) is 12.1. The van der Waals surface area contributed by atoms with Gasteiger partial charge in [-0.3, -0.25) is 0 Å². The molecule has 0 unspecified atom stereocenters. The van der Waals surface area contributed by atoms with Crippen LogP contribution in [-0.4, -0.2) is 26.1 Å². The number of para-hydroxylation sites is 1. The number of carboxylic acid groups (broad SMARTS) is 1. The number of aryl methyl sites for hydroxylation is 1. The third-order valence-electron chi connectivity index (χ3n) is 4.24. The first-order valence-corrected chi connectivity index (χ1v) is 7.43. The third-order valence-corrected chi connectivity index (χ3v) is 4.24.